The molecule has 0 saturated carbocycles. The third-order valence-corrected chi connectivity index (χ3v) is 11.9. The Morgan fingerprint density at radius 1 is 1.06 bits per heavy atom. The number of fused-ring (bicyclic) bond motifs is 2. The van der Waals surface area contributed by atoms with Gasteiger partial charge in [0, 0.05) is 73.7 Å². The zero-order chi connectivity index (χ0) is 46.2. The van der Waals surface area contributed by atoms with Crippen LogP contribution in [0.1, 0.15) is 55.8 Å². The van der Waals surface area contributed by atoms with Crippen molar-refractivity contribution in [3.8, 4) is 17.2 Å². The van der Waals surface area contributed by atoms with Crippen LogP contribution in [0.3, 0.4) is 0 Å². The van der Waals surface area contributed by atoms with Crippen molar-refractivity contribution >= 4 is 29.3 Å². The van der Waals surface area contributed by atoms with E-state index in [1.54, 1.807) is 18.4 Å². The number of nitrogens with one attached hydrogen (secondary N) is 3. The maximum atomic E-state index is 14.6. The number of amides is 2. The Kier molecular flexibility index (Phi) is 12.7. The number of phenols is 1. The van der Waals surface area contributed by atoms with Crippen molar-refractivity contribution in [2.75, 3.05) is 33.9 Å². The number of hydrogen-bond acceptors (Lipinski definition) is 18. The van der Waals surface area contributed by atoms with Crippen LogP contribution in [0.15, 0.2) is 82.8 Å². The number of aliphatic hydroxyl groups excluding tert-OH is 3. The summed E-state index contributed by atoms with van der Waals surface area (Å²) in [6, 6.07) is 3.96. The molecule has 340 valence electrons. The van der Waals surface area contributed by atoms with Gasteiger partial charge in [0.25, 0.3) is 11.8 Å². The van der Waals surface area contributed by atoms with Crippen LogP contribution >= 0.6 is 0 Å². The first kappa shape index (κ1) is 45.4. The van der Waals surface area contributed by atoms with Gasteiger partial charge in [0.1, 0.15) is 41.7 Å². The fourth-order valence-electron chi connectivity index (χ4n) is 8.36. The minimum Gasteiger partial charge on any atom is -0.507 e. The standard InChI is InChI=1S/C43H50N8O13/c1-47-41(46)50-17-27-22(5-3-20-4-6-29(44)49-16-20)11-25-34(36(27)56)37(57)33-26(35(25)55)13-24(62-2)14-28(33)63-40-38(58)39(59)42(60,43(61,19-52)64-40)15-23(21-9-10-48-30(45)12-21)18-51-31(53)7-8-32(51)54/h4,6-9,11-14,16,23,29,38-40,48-49,52,56,58-61H,3,5,10,15,17-19,44-45H2,1-2H3,(H3,46,47,50). The zero-order valence-electron chi connectivity index (χ0n) is 34.8. The van der Waals surface area contributed by atoms with E-state index in [2.05, 4.69) is 20.9 Å². The van der Waals surface area contributed by atoms with Crippen LogP contribution in [0.2, 0.25) is 0 Å². The van der Waals surface area contributed by atoms with Crippen LogP contribution in [0.4, 0.5) is 0 Å². The van der Waals surface area contributed by atoms with Gasteiger partial charge in [0.05, 0.1) is 30.2 Å². The number of nitrogens with zero attached hydrogens (tertiary/aromatic N) is 2. The summed E-state index contributed by atoms with van der Waals surface area (Å²) in [7, 11) is 2.73. The molecular weight excluding hydrogens is 837 g/mol. The molecule has 21 nitrogen and oxygen atoms in total. The number of carbonyl (C=O) groups is 4. The van der Waals surface area contributed by atoms with Gasteiger partial charge < -0.3 is 78.0 Å². The summed E-state index contributed by atoms with van der Waals surface area (Å²) < 4.78 is 17.1. The number of phenolic OH excluding ortho intramolecular Hbond substituents is 1. The Hall–Kier alpha value is -6.59. The fourth-order valence-corrected chi connectivity index (χ4v) is 8.36. The second-order valence-corrected chi connectivity index (χ2v) is 15.8. The number of benzene rings is 2. The monoisotopic (exact) mass is 886 g/mol. The van der Waals surface area contributed by atoms with Crippen molar-refractivity contribution in [1.29, 1.82) is 0 Å². The molecule has 1 fully saturated rings. The highest BCUT2D eigenvalue weighted by atomic mass is 16.8. The largest absolute Gasteiger partial charge is 0.507 e. The molecule has 4 aliphatic heterocycles. The average molecular weight is 887 g/mol. The van der Waals surface area contributed by atoms with Crippen molar-refractivity contribution in [2.45, 2.75) is 61.9 Å². The van der Waals surface area contributed by atoms with E-state index in [1.807, 2.05) is 6.08 Å². The van der Waals surface area contributed by atoms with Gasteiger partial charge in [0.2, 0.25) is 17.9 Å². The van der Waals surface area contributed by atoms with E-state index in [0.29, 0.717) is 24.0 Å². The van der Waals surface area contributed by atoms with E-state index in [-0.39, 0.29) is 65.6 Å². The highest BCUT2D eigenvalue weighted by Crippen LogP contribution is 2.46. The summed E-state index contributed by atoms with van der Waals surface area (Å²) in [6.45, 7) is -1.68. The van der Waals surface area contributed by atoms with Crippen molar-refractivity contribution in [2.24, 2.45) is 28.1 Å². The van der Waals surface area contributed by atoms with Crippen molar-refractivity contribution < 1.29 is 64.0 Å². The Morgan fingerprint density at radius 3 is 2.42 bits per heavy atom. The number of methoxy groups -OCH3 is 1. The molecule has 64 heavy (non-hydrogen) atoms. The number of allylic oxidation sites excluding steroid dienone is 3. The molecule has 2 amide bonds. The van der Waals surface area contributed by atoms with Crippen molar-refractivity contribution in [1.82, 2.24) is 20.9 Å². The number of imide groups is 1. The minimum atomic E-state index is -3.13. The molecule has 0 radical (unpaired) electrons. The second-order valence-electron chi connectivity index (χ2n) is 15.8. The van der Waals surface area contributed by atoms with Gasteiger partial charge in [-0.2, -0.15) is 0 Å². The topological polar surface area (TPSA) is 347 Å². The average Bonchev–Trinajstić information content (AvgIpc) is 3.60. The molecule has 1 aliphatic carbocycles. The maximum Gasteiger partial charge on any atom is 0.253 e. The van der Waals surface area contributed by atoms with Gasteiger partial charge in [-0.05, 0) is 60.3 Å². The summed E-state index contributed by atoms with van der Waals surface area (Å²) in [4.78, 5) is 59.0. The summed E-state index contributed by atoms with van der Waals surface area (Å²) in [5, 5.41) is 78.6. The first-order chi connectivity index (χ1) is 30.4. The van der Waals surface area contributed by atoms with Gasteiger partial charge in [0.15, 0.2) is 11.7 Å². The SMILES string of the molecule is CN=C(N)NCc1c(CCC2=CNC(N)C=C2)cc2c(c1O)C(=O)c1c(OC3OC(O)(CO)C(O)(CC(CN4C(=O)C=CC4=O)C4=CCNC(N)=C4)C(O)C3O)cc(OC)cc1C2=O. The summed E-state index contributed by atoms with van der Waals surface area (Å²) in [6.07, 6.45) is 3.45. The second kappa shape index (κ2) is 17.9. The Balaban J connectivity index is 1.23. The van der Waals surface area contributed by atoms with E-state index >= 15 is 0 Å². The van der Waals surface area contributed by atoms with Crippen LogP contribution in [-0.2, 0) is 27.3 Å². The van der Waals surface area contributed by atoms with E-state index in [9.17, 15) is 49.8 Å². The number of ketones is 2. The number of guanidine groups is 1. The molecule has 0 bridgehead atoms. The van der Waals surface area contributed by atoms with Crippen LogP contribution in [0, 0.1) is 5.92 Å². The number of ether oxygens (including phenoxy) is 3. The smallest absolute Gasteiger partial charge is 0.253 e. The molecule has 1 saturated heterocycles. The predicted molar refractivity (Wildman–Crippen MR) is 226 cm³/mol. The van der Waals surface area contributed by atoms with E-state index in [0.717, 1.165) is 22.6 Å². The Bertz CT molecular complexity index is 2450. The van der Waals surface area contributed by atoms with Gasteiger partial charge in [-0.3, -0.25) is 29.1 Å². The molecular formula is C43H50N8O13. The number of nitrogens with two attached hydrogens (primary N) is 3. The third-order valence-electron chi connectivity index (χ3n) is 11.9. The predicted octanol–water partition coefficient (Wildman–Crippen LogP) is -2.40. The Morgan fingerprint density at radius 2 is 1.78 bits per heavy atom. The number of aromatic hydroxyl groups is 1. The first-order valence-corrected chi connectivity index (χ1v) is 20.2. The minimum absolute atomic E-state index is 0.00893. The van der Waals surface area contributed by atoms with E-state index < -0.39 is 89.3 Å². The normalized spacial score (nSPS) is 26.9. The molecule has 5 aliphatic rings. The number of dihydropyridines is 2. The molecule has 21 heteroatoms. The van der Waals surface area contributed by atoms with Gasteiger partial charge in [-0.25, -0.2) is 0 Å². The zero-order valence-corrected chi connectivity index (χ0v) is 34.8. The van der Waals surface area contributed by atoms with Gasteiger partial charge >= 0.3 is 0 Å². The third kappa shape index (κ3) is 8.32. The molecule has 0 spiro atoms. The quantitative estimate of drug-likeness (QED) is 0.0456. The summed E-state index contributed by atoms with van der Waals surface area (Å²) in [5.41, 5.74) is 15.7. The van der Waals surface area contributed by atoms with Crippen molar-refractivity contribution in [3.63, 3.8) is 0 Å². The number of carbonyl (C=O) groups excluding carboxylic acids is 4. The van der Waals surface area contributed by atoms with Crippen LogP contribution in [0.5, 0.6) is 17.2 Å². The summed E-state index contributed by atoms with van der Waals surface area (Å²) in [5.74, 6) is -7.92. The molecule has 7 rings (SSSR count). The van der Waals surface area contributed by atoms with Crippen LogP contribution in [-0.4, -0.2) is 135 Å². The number of aliphatic hydroxyl groups is 5. The molecule has 2 aromatic carbocycles. The maximum absolute atomic E-state index is 14.6. The molecule has 4 heterocycles. The lowest BCUT2D eigenvalue weighted by molar-refractivity contribution is -0.420. The Labute approximate surface area is 365 Å². The van der Waals surface area contributed by atoms with Crippen molar-refractivity contribution in [3.05, 3.63) is 111 Å². The van der Waals surface area contributed by atoms with E-state index in [4.69, 9.17) is 31.4 Å². The number of rotatable bonds is 14. The van der Waals surface area contributed by atoms with E-state index in [1.165, 1.54) is 38.4 Å². The molecule has 7 atom stereocenters. The molecule has 7 unspecified atom stereocenters. The molecule has 0 aromatic heterocycles. The molecule has 2 aromatic rings. The highest BCUT2D eigenvalue weighted by Gasteiger charge is 2.65. The first-order valence-electron chi connectivity index (χ1n) is 20.2. The number of aryl methyl sites for hydroxylation is 1. The lowest BCUT2D eigenvalue weighted by atomic mass is 9.73. The lowest BCUT2D eigenvalue weighted by Crippen LogP contribution is -2.75. The number of hydrogen-bond donors (Lipinski definition) is 12. The van der Waals surface area contributed by atoms with Crippen LogP contribution < -0.4 is 42.6 Å². The summed E-state index contributed by atoms with van der Waals surface area (Å²) >= 11 is 0. The fraction of sp³-hybridized carbons (Fsp3) is 0.372. The van der Waals surface area contributed by atoms with Gasteiger partial charge in [-0.15, -0.1) is 0 Å². The lowest BCUT2D eigenvalue weighted by Gasteiger charge is -2.53. The van der Waals surface area contributed by atoms with Gasteiger partial charge in [-0.1, -0.05) is 12.2 Å². The number of aliphatic imine (C=N–C) groups is 1. The highest BCUT2D eigenvalue weighted by molar-refractivity contribution is 6.30. The molecule has 15 N–H and O–H groups in total. The van der Waals surface area contributed by atoms with Crippen LogP contribution in [0.25, 0.3) is 0 Å².